The number of epoxide rings is 2. The van der Waals surface area contributed by atoms with Crippen LogP contribution in [0.4, 0.5) is 0 Å². The summed E-state index contributed by atoms with van der Waals surface area (Å²) in [4.78, 5) is 0. The largest absolute Gasteiger partial charge is 0.388 e. The topological polar surface area (TPSA) is 93.2 Å². The molecule has 0 aromatic heterocycles. The summed E-state index contributed by atoms with van der Waals surface area (Å²) in [5.41, 5.74) is 0. The summed E-state index contributed by atoms with van der Waals surface area (Å²) in [6.45, 7) is 3.20. The van der Waals surface area contributed by atoms with Gasteiger partial charge in [-0.2, -0.15) is 0 Å². The third-order valence-corrected chi connectivity index (χ3v) is 2.65. The van der Waals surface area contributed by atoms with Gasteiger partial charge in [0.15, 0.2) is 0 Å². The van der Waals surface area contributed by atoms with Crippen molar-refractivity contribution in [2.45, 2.75) is 24.4 Å². The molecule has 0 aromatic rings. The number of aliphatic hydroxyl groups is 2. The quantitative estimate of drug-likeness (QED) is 0.422. The number of hydrogen-bond donors (Lipinski definition) is 2. The average Bonchev–Trinajstić information content (AvgIpc) is 3.24. The van der Waals surface area contributed by atoms with E-state index in [4.69, 9.17) is 23.7 Å². The first-order valence-electron chi connectivity index (χ1n) is 6.56. The lowest BCUT2D eigenvalue weighted by Crippen LogP contribution is -2.28. The molecule has 2 N–H and O–H groups in total. The second-order valence-corrected chi connectivity index (χ2v) is 4.83. The molecule has 19 heavy (non-hydrogen) atoms. The van der Waals surface area contributed by atoms with E-state index in [9.17, 15) is 10.2 Å². The maximum atomic E-state index is 9.53. The Balaban J connectivity index is 1.36. The van der Waals surface area contributed by atoms with Gasteiger partial charge in [-0.05, 0) is 0 Å². The average molecular weight is 278 g/mol. The Morgan fingerprint density at radius 3 is 1.53 bits per heavy atom. The van der Waals surface area contributed by atoms with E-state index in [-0.39, 0.29) is 38.6 Å². The molecule has 0 spiro atoms. The van der Waals surface area contributed by atoms with Crippen LogP contribution in [0.15, 0.2) is 0 Å². The van der Waals surface area contributed by atoms with Crippen LogP contribution >= 0.6 is 0 Å². The van der Waals surface area contributed by atoms with E-state index in [1.807, 2.05) is 0 Å². The summed E-state index contributed by atoms with van der Waals surface area (Å²) in [7, 11) is 0. The lowest BCUT2D eigenvalue weighted by atomic mass is 10.4. The molecule has 4 unspecified atom stereocenters. The normalized spacial score (nSPS) is 28.1. The Morgan fingerprint density at radius 2 is 1.16 bits per heavy atom. The predicted molar refractivity (Wildman–Crippen MR) is 64.0 cm³/mol. The van der Waals surface area contributed by atoms with Crippen molar-refractivity contribution in [2.75, 3.05) is 52.9 Å². The fraction of sp³-hybridized carbons (Fsp3) is 1.00. The van der Waals surface area contributed by atoms with E-state index < -0.39 is 12.2 Å². The molecule has 2 aliphatic heterocycles. The van der Waals surface area contributed by atoms with Crippen molar-refractivity contribution in [3.8, 4) is 0 Å². The molecule has 7 heteroatoms. The van der Waals surface area contributed by atoms with E-state index >= 15 is 0 Å². The number of rotatable bonds is 12. The molecule has 0 saturated carbocycles. The van der Waals surface area contributed by atoms with Gasteiger partial charge in [0, 0.05) is 0 Å². The minimum atomic E-state index is -0.688. The smallest absolute Gasteiger partial charge is 0.104 e. The van der Waals surface area contributed by atoms with Crippen LogP contribution in [0.2, 0.25) is 0 Å². The second kappa shape index (κ2) is 8.11. The molecule has 0 amide bonds. The van der Waals surface area contributed by atoms with Gasteiger partial charge in [-0.15, -0.1) is 0 Å². The monoisotopic (exact) mass is 278 g/mol. The summed E-state index contributed by atoms with van der Waals surface area (Å²) < 4.78 is 25.6. The highest BCUT2D eigenvalue weighted by atomic mass is 16.6. The predicted octanol–water partition coefficient (Wildman–Crippen LogP) is -1.44. The molecule has 2 heterocycles. The number of hydrogen-bond acceptors (Lipinski definition) is 7. The molecule has 2 fully saturated rings. The number of ether oxygens (including phenoxy) is 5. The van der Waals surface area contributed by atoms with Crippen LogP contribution in [0.5, 0.6) is 0 Å². The number of aliphatic hydroxyl groups excluding tert-OH is 2. The second-order valence-electron chi connectivity index (χ2n) is 4.83. The fourth-order valence-electron chi connectivity index (χ4n) is 1.44. The summed E-state index contributed by atoms with van der Waals surface area (Å²) in [5, 5.41) is 19.1. The van der Waals surface area contributed by atoms with Crippen LogP contribution in [0.3, 0.4) is 0 Å². The summed E-state index contributed by atoms with van der Waals surface area (Å²) in [6.07, 6.45) is -0.983. The van der Waals surface area contributed by atoms with Gasteiger partial charge in [0.05, 0.1) is 52.9 Å². The lowest BCUT2D eigenvalue weighted by Gasteiger charge is -2.14. The molecule has 4 atom stereocenters. The van der Waals surface area contributed by atoms with Crippen molar-refractivity contribution in [1.82, 2.24) is 0 Å². The van der Waals surface area contributed by atoms with Gasteiger partial charge in [0.2, 0.25) is 0 Å². The van der Waals surface area contributed by atoms with Gasteiger partial charge in [-0.1, -0.05) is 0 Å². The lowest BCUT2D eigenvalue weighted by molar-refractivity contribution is -0.0579. The summed E-state index contributed by atoms with van der Waals surface area (Å²) in [6, 6.07) is 0. The minimum absolute atomic E-state index is 0.133. The minimum Gasteiger partial charge on any atom is -0.388 e. The van der Waals surface area contributed by atoms with Crippen LogP contribution in [0, 0.1) is 0 Å². The van der Waals surface area contributed by atoms with Gasteiger partial charge in [0.25, 0.3) is 0 Å². The molecule has 7 nitrogen and oxygen atoms in total. The Bertz CT molecular complexity index is 218. The summed E-state index contributed by atoms with van der Waals surface area (Å²) >= 11 is 0. The van der Waals surface area contributed by atoms with Crippen molar-refractivity contribution in [3.05, 3.63) is 0 Å². The van der Waals surface area contributed by atoms with Gasteiger partial charge in [0.1, 0.15) is 24.4 Å². The molecule has 2 saturated heterocycles. The van der Waals surface area contributed by atoms with E-state index in [1.165, 1.54) is 0 Å². The van der Waals surface area contributed by atoms with Crippen LogP contribution in [0.25, 0.3) is 0 Å². The molecule has 2 aliphatic rings. The van der Waals surface area contributed by atoms with E-state index in [2.05, 4.69) is 0 Å². The maximum absolute atomic E-state index is 9.53. The molecule has 0 radical (unpaired) electrons. The molecule has 112 valence electrons. The zero-order valence-electron chi connectivity index (χ0n) is 10.9. The first-order chi connectivity index (χ1) is 9.24. The SMILES string of the molecule is OC(COCC(O)COCC1CO1)COCC1CO1. The Hall–Kier alpha value is -0.280. The van der Waals surface area contributed by atoms with Gasteiger partial charge in [-0.25, -0.2) is 0 Å². The Labute approximate surface area is 112 Å². The molecule has 0 bridgehead atoms. The van der Waals surface area contributed by atoms with Gasteiger partial charge < -0.3 is 33.9 Å². The fourth-order valence-corrected chi connectivity index (χ4v) is 1.44. The van der Waals surface area contributed by atoms with Crippen molar-refractivity contribution >= 4 is 0 Å². The van der Waals surface area contributed by atoms with Crippen molar-refractivity contribution in [3.63, 3.8) is 0 Å². The highest BCUT2D eigenvalue weighted by Crippen LogP contribution is 2.09. The zero-order chi connectivity index (χ0) is 13.5. The molecular formula is C12H22O7. The first kappa shape index (κ1) is 15.1. The Kier molecular flexibility index (Phi) is 6.45. The van der Waals surface area contributed by atoms with Crippen LogP contribution in [0.1, 0.15) is 0 Å². The highest BCUT2D eigenvalue weighted by Gasteiger charge is 2.23. The van der Waals surface area contributed by atoms with Crippen molar-refractivity contribution < 1.29 is 33.9 Å². The molecule has 2 rings (SSSR count). The highest BCUT2D eigenvalue weighted by molar-refractivity contribution is 4.68. The van der Waals surface area contributed by atoms with E-state index in [0.29, 0.717) is 13.2 Å². The van der Waals surface area contributed by atoms with Gasteiger partial charge in [-0.3, -0.25) is 0 Å². The van der Waals surface area contributed by atoms with Crippen molar-refractivity contribution in [1.29, 1.82) is 0 Å². The van der Waals surface area contributed by atoms with E-state index in [1.54, 1.807) is 0 Å². The zero-order valence-corrected chi connectivity index (χ0v) is 10.9. The molecule has 0 aliphatic carbocycles. The Morgan fingerprint density at radius 1 is 0.789 bits per heavy atom. The maximum Gasteiger partial charge on any atom is 0.104 e. The van der Waals surface area contributed by atoms with Crippen LogP contribution < -0.4 is 0 Å². The summed E-state index contributed by atoms with van der Waals surface area (Å²) in [5.74, 6) is 0. The van der Waals surface area contributed by atoms with Crippen molar-refractivity contribution in [2.24, 2.45) is 0 Å². The van der Waals surface area contributed by atoms with Crippen LogP contribution in [-0.2, 0) is 23.7 Å². The third kappa shape index (κ3) is 7.78. The van der Waals surface area contributed by atoms with Gasteiger partial charge >= 0.3 is 0 Å². The molecular weight excluding hydrogens is 256 g/mol. The molecule has 0 aromatic carbocycles. The third-order valence-electron chi connectivity index (χ3n) is 2.65. The first-order valence-corrected chi connectivity index (χ1v) is 6.56. The van der Waals surface area contributed by atoms with Crippen LogP contribution in [-0.4, -0.2) is 87.5 Å². The van der Waals surface area contributed by atoms with E-state index in [0.717, 1.165) is 13.2 Å². The standard InChI is InChI=1S/C12H22O7/c13-9(3-16-5-11-7-18-11)1-15-2-10(14)4-17-6-12-8-19-12/h9-14H,1-8H2.